The molecule has 0 bridgehead atoms. The van der Waals surface area contributed by atoms with Gasteiger partial charge in [0.1, 0.15) is 10.8 Å². The Labute approximate surface area is 159 Å². The van der Waals surface area contributed by atoms with Gasteiger partial charge in [-0.3, -0.25) is 4.79 Å². The van der Waals surface area contributed by atoms with Gasteiger partial charge in [0.15, 0.2) is 0 Å². The Balaban J connectivity index is 0.00000312. The third-order valence-corrected chi connectivity index (χ3v) is 5.25. The molecule has 0 radical (unpaired) electrons. The van der Waals surface area contributed by atoms with E-state index in [1.807, 2.05) is 45.0 Å². The summed E-state index contributed by atoms with van der Waals surface area (Å²) in [6.07, 6.45) is 1.58. The number of halogens is 1. The molecule has 2 unspecified atom stereocenters. The highest BCUT2D eigenvalue weighted by Gasteiger charge is 2.20. The number of thiazole rings is 1. The smallest absolute Gasteiger partial charge is 0.237 e. The number of carbonyl (C=O) groups is 1. The molecule has 1 amide bonds. The zero-order chi connectivity index (χ0) is 17.7. The Bertz CT molecular complexity index is 688. The fourth-order valence-corrected chi connectivity index (χ4v) is 3.57. The van der Waals surface area contributed by atoms with Gasteiger partial charge < -0.3 is 15.8 Å². The molecule has 2 atom stereocenters. The molecule has 25 heavy (non-hydrogen) atoms. The number of nitrogens with two attached hydrogens (primary N) is 1. The van der Waals surface area contributed by atoms with E-state index in [4.69, 9.17) is 10.5 Å². The Morgan fingerprint density at radius 1 is 1.36 bits per heavy atom. The number of rotatable bonds is 7. The molecule has 0 aliphatic carbocycles. The maximum atomic E-state index is 12.1. The van der Waals surface area contributed by atoms with Crippen molar-refractivity contribution < 1.29 is 9.53 Å². The minimum absolute atomic E-state index is 0. The number of amides is 1. The Morgan fingerprint density at radius 3 is 2.56 bits per heavy atom. The fraction of sp³-hybridized carbons (Fsp3) is 0.444. The normalized spacial score (nSPS) is 12.8. The van der Waals surface area contributed by atoms with Gasteiger partial charge in [-0.15, -0.1) is 23.7 Å². The van der Waals surface area contributed by atoms with E-state index in [0.29, 0.717) is 6.42 Å². The van der Waals surface area contributed by atoms with Crippen LogP contribution in [0.5, 0.6) is 5.75 Å². The Morgan fingerprint density at radius 2 is 2.00 bits per heavy atom. The molecule has 0 spiro atoms. The van der Waals surface area contributed by atoms with E-state index in [9.17, 15) is 4.79 Å². The van der Waals surface area contributed by atoms with E-state index in [-0.39, 0.29) is 24.4 Å². The van der Waals surface area contributed by atoms with Gasteiger partial charge in [0, 0.05) is 5.56 Å². The van der Waals surface area contributed by atoms with Crippen molar-refractivity contribution in [2.75, 3.05) is 7.11 Å². The number of hydrogen-bond acceptors (Lipinski definition) is 5. The Kier molecular flexibility index (Phi) is 8.35. The highest BCUT2D eigenvalue weighted by molar-refractivity contribution is 7.15. The number of carbonyl (C=O) groups excluding carboxylic acids is 1. The van der Waals surface area contributed by atoms with Crippen molar-refractivity contribution in [3.05, 3.63) is 34.8 Å². The summed E-state index contributed by atoms with van der Waals surface area (Å²) in [5.74, 6) is 0.709. The number of methoxy groups -OCH3 is 1. The van der Waals surface area contributed by atoms with Crippen molar-refractivity contribution in [3.63, 3.8) is 0 Å². The largest absolute Gasteiger partial charge is 0.497 e. The molecule has 1 heterocycles. The maximum absolute atomic E-state index is 12.1. The molecule has 7 heteroatoms. The minimum Gasteiger partial charge on any atom is -0.497 e. The summed E-state index contributed by atoms with van der Waals surface area (Å²) in [6, 6.07) is 7.25. The highest BCUT2D eigenvalue weighted by atomic mass is 35.5. The number of nitrogens with one attached hydrogen (secondary N) is 1. The van der Waals surface area contributed by atoms with Gasteiger partial charge in [-0.1, -0.05) is 13.3 Å². The molecule has 0 aliphatic heterocycles. The number of nitrogens with zero attached hydrogens (tertiary/aromatic N) is 1. The summed E-state index contributed by atoms with van der Waals surface area (Å²) in [4.78, 5) is 17.8. The van der Waals surface area contributed by atoms with E-state index in [0.717, 1.165) is 33.3 Å². The SMILES string of the molecule is CCCC(N)C(=O)NC(C)c1sc(-c2ccc(OC)cc2)nc1C.Cl. The lowest BCUT2D eigenvalue weighted by Gasteiger charge is -2.16. The van der Waals surface area contributed by atoms with Crippen LogP contribution in [0.3, 0.4) is 0 Å². The van der Waals surface area contributed by atoms with Crippen molar-refractivity contribution in [2.45, 2.75) is 45.7 Å². The van der Waals surface area contributed by atoms with Crippen molar-refractivity contribution in [3.8, 4) is 16.3 Å². The maximum Gasteiger partial charge on any atom is 0.237 e. The van der Waals surface area contributed by atoms with Crippen molar-refractivity contribution in [2.24, 2.45) is 5.73 Å². The van der Waals surface area contributed by atoms with Crippen LogP contribution in [0.4, 0.5) is 0 Å². The number of aromatic nitrogens is 1. The van der Waals surface area contributed by atoms with Crippen LogP contribution in [0, 0.1) is 6.92 Å². The van der Waals surface area contributed by atoms with Gasteiger partial charge in [0.25, 0.3) is 0 Å². The van der Waals surface area contributed by atoms with Gasteiger partial charge in [0.05, 0.1) is 29.8 Å². The monoisotopic (exact) mass is 383 g/mol. The number of ether oxygens (including phenoxy) is 1. The fourth-order valence-electron chi connectivity index (χ4n) is 2.50. The lowest BCUT2D eigenvalue weighted by Crippen LogP contribution is -2.41. The van der Waals surface area contributed by atoms with Crippen LogP contribution in [0.15, 0.2) is 24.3 Å². The third-order valence-electron chi connectivity index (χ3n) is 3.86. The number of aryl methyl sites for hydroxylation is 1. The highest BCUT2D eigenvalue weighted by Crippen LogP contribution is 2.32. The summed E-state index contributed by atoms with van der Waals surface area (Å²) < 4.78 is 5.18. The second-order valence-electron chi connectivity index (χ2n) is 5.82. The van der Waals surface area contributed by atoms with Gasteiger partial charge >= 0.3 is 0 Å². The molecule has 0 saturated carbocycles. The molecule has 5 nitrogen and oxygen atoms in total. The summed E-state index contributed by atoms with van der Waals surface area (Å²) in [7, 11) is 1.65. The molecule has 2 aromatic rings. The van der Waals surface area contributed by atoms with Crippen LogP contribution in [0.1, 0.15) is 43.3 Å². The van der Waals surface area contributed by atoms with Crippen LogP contribution < -0.4 is 15.8 Å². The van der Waals surface area contributed by atoms with Crippen LogP contribution in [0.25, 0.3) is 10.6 Å². The molecule has 0 saturated heterocycles. The summed E-state index contributed by atoms with van der Waals surface area (Å²) in [5, 5.41) is 3.93. The van der Waals surface area contributed by atoms with E-state index < -0.39 is 6.04 Å². The quantitative estimate of drug-likeness (QED) is 0.761. The first-order valence-electron chi connectivity index (χ1n) is 8.14. The zero-order valence-corrected chi connectivity index (χ0v) is 16.7. The van der Waals surface area contributed by atoms with Gasteiger partial charge in [0.2, 0.25) is 5.91 Å². The van der Waals surface area contributed by atoms with E-state index in [1.54, 1.807) is 18.4 Å². The van der Waals surface area contributed by atoms with Crippen LogP contribution in [-0.4, -0.2) is 24.0 Å². The zero-order valence-electron chi connectivity index (χ0n) is 15.0. The molecule has 3 N–H and O–H groups in total. The molecular weight excluding hydrogens is 358 g/mol. The topological polar surface area (TPSA) is 77.2 Å². The lowest BCUT2D eigenvalue weighted by molar-refractivity contribution is -0.123. The molecule has 1 aromatic carbocycles. The average molecular weight is 384 g/mol. The predicted molar refractivity (Wildman–Crippen MR) is 106 cm³/mol. The van der Waals surface area contributed by atoms with Crippen molar-refractivity contribution >= 4 is 29.7 Å². The second-order valence-corrected chi connectivity index (χ2v) is 6.85. The standard InChI is InChI=1S/C18H25N3O2S.ClH/c1-5-6-15(19)17(22)20-11(2)16-12(3)21-18(24-16)13-7-9-14(23-4)10-8-13;/h7-11,15H,5-6,19H2,1-4H3,(H,20,22);1H. The number of hydrogen-bond donors (Lipinski definition) is 2. The van der Waals surface area contributed by atoms with Crippen LogP contribution in [-0.2, 0) is 4.79 Å². The molecule has 1 aromatic heterocycles. The lowest BCUT2D eigenvalue weighted by atomic mass is 10.1. The first-order chi connectivity index (χ1) is 11.5. The third kappa shape index (κ3) is 5.42. The van der Waals surface area contributed by atoms with E-state index in [1.165, 1.54) is 0 Å². The molecular formula is C18H26ClN3O2S. The first kappa shape index (κ1) is 21.4. The summed E-state index contributed by atoms with van der Waals surface area (Å²) in [5.41, 5.74) is 7.85. The van der Waals surface area contributed by atoms with Crippen LogP contribution >= 0.6 is 23.7 Å². The predicted octanol–water partition coefficient (Wildman–Crippen LogP) is 3.85. The first-order valence-corrected chi connectivity index (χ1v) is 8.95. The van der Waals surface area contributed by atoms with E-state index in [2.05, 4.69) is 10.3 Å². The van der Waals surface area contributed by atoms with Gasteiger partial charge in [-0.25, -0.2) is 4.98 Å². The van der Waals surface area contributed by atoms with Gasteiger partial charge in [-0.2, -0.15) is 0 Å². The van der Waals surface area contributed by atoms with Crippen molar-refractivity contribution in [1.82, 2.24) is 10.3 Å². The van der Waals surface area contributed by atoms with Crippen molar-refractivity contribution in [1.29, 1.82) is 0 Å². The Hall–Kier alpha value is -1.63. The van der Waals surface area contributed by atoms with Gasteiger partial charge in [-0.05, 0) is 44.5 Å². The molecule has 0 fully saturated rings. The molecule has 2 rings (SSSR count). The molecule has 138 valence electrons. The summed E-state index contributed by atoms with van der Waals surface area (Å²) >= 11 is 1.59. The number of benzene rings is 1. The molecule has 0 aliphatic rings. The van der Waals surface area contributed by atoms with Crippen LogP contribution in [0.2, 0.25) is 0 Å². The van der Waals surface area contributed by atoms with E-state index >= 15 is 0 Å². The minimum atomic E-state index is -0.452. The second kappa shape index (κ2) is 9.75. The average Bonchev–Trinajstić information content (AvgIpc) is 2.97. The summed E-state index contributed by atoms with van der Waals surface area (Å²) in [6.45, 7) is 5.95.